The lowest BCUT2D eigenvalue weighted by atomic mass is 10.3. The van der Waals surface area contributed by atoms with Crippen molar-refractivity contribution in [3.05, 3.63) is 0 Å². The van der Waals surface area contributed by atoms with Crippen molar-refractivity contribution in [2.24, 2.45) is 5.73 Å². The number of carbonyl (C=O) groups excluding carboxylic acids is 2. The van der Waals surface area contributed by atoms with Gasteiger partial charge < -0.3 is 15.2 Å². The van der Waals surface area contributed by atoms with Crippen molar-refractivity contribution in [3.63, 3.8) is 0 Å². The van der Waals surface area contributed by atoms with E-state index in [4.69, 9.17) is 10.5 Å². The Morgan fingerprint density at radius 2 is 1.61 bits per heavy atom. The van der Waals surface area contributed by atoms with Crippen LogP contribution in [0.25, 0.3) is 0 Å². The third kappa shape index (κ3) is 6.48. The number of hydrogen-bond donors (Lipinski definition) is 1. The number of carbonyl (C=O) groups is 2. The molecule has 0 saturated carbocycles. The van der Waals surface area contributed by atoms with Crippen LogP contribution in [0.5, 0.6) is 0 Å². The van der Waals surface area contributed by atoms with Crippen molar-refractivity contribution in [2.45, 2.75) is 12.1 Å². The zero-order valence-electron chi connectivity index (χ0n) is 11.0. The molecule has 0 aromatic rings. The van der Waals surface area contributed by atoms with Crippen LogP contribution in [0.4, 0.5) is 0 Å². The molecule has 2 unspecified atom stereocenters. The average Bonchev–Trinajstić information content (AvgIpc) is 2.35. The van der Waals surface area contributed by atoms with E-state index in [1.807, 2.05) is 14.1 Å². The number of hydrogen-bond acceptors (Lipinski definition) is 8. The number of methoxy groups -OCH3 is 2. The summed E-state index contributed by atoms with van der Waals surface area (Å²) < 4.78 is 9.22. The lowest BCUT2D eigenvalue weighted by Gasteiger charge is -2.21. The largest absolute Gasteiger partial charge is 0.468 e. The van der Waals surface area contributed by atoms with Crippen molar-refractivity contribution >= 4 is 33.5 Å². The van der Waals surface area contributed by atoms with E-state index in [-0.39, 0.29) is 12.0 Å². The van der Waals surface area contributed by atoms with E-state index in [9.17, 15) is 9.59 Å². The van der Waals surface area contributed by atoms with Gasteiger partial charge in [-0.3, -0.25) is 14.5 Å². The number of esters is 2. The predicted molar refractivity (Wildman–Crippen MR) is 74.4 cm³/mol. The molecule has 8 heteroatoms. The van der Waals surface area contributed by atoms with Crippen molar-refractivity contribution in [1.29, 1.82) is 0 Å². The number of ether oxygens (including phenoxy) is 2. The first kappa shape index (κ1) is 17.6. The Kier molecular flexibility index (Phi) is 9.25. The van der Waals surface area contributed by atoms with E-state index >= 15 is 0 Å². The molecule has 0 aliphatic carbocycles. The van der Waals surface area contributed by atoms with Crippen molar-refractivity contribution in [2.75, 3.05) is 39.8 Å². The predicted octanol–water partition coefficient (Wildman–Crippen LogP) is -0.0287. The molecule has 0 radical (unpaired) electrons. The van der Waals surface area contributed by atoms with Gasteiger partial charge in [0.2, 0.25) is 0 Å². The summed E-state index contributed by atoms with van der Waals surface area (Å²) in [7, 11) is 9.21. The molecule has 0 spiro atoms. The van der Waals surface area contributed by atoms with E-state index in [1.165, 1.54) is 35.8 Å². The maximum absolute atomic E-state index is 11.5. The molecule has 0 amide bonds. The summed E-state index contributed by atoms with van der Waals surface area (Å²) in [6, 6.07) is -0.940. The van der Waals surface area contributed by atoms with Gasteiger partial charge in [-0.05, 0) is 14.1 Å². The van der Waals surface area contributed by atoms with E-state index in [0.29, 0.717) is 11.5 Å². The molecule has 0 fully saturated rings. The van der Waals surface area contributed by atoms with Crippen LogP contribution >= 0.6 is 21.6 Å². The van der Waals surface area contributed by atoms with Crippen LogP contribution in [0, 0.1) is 0 Å². The fraction of sp³-hybridized carbons (Fsp3) is 0.800. The second kappa shape index (κ2) is 9.48. The fourth-order valence-corrected chi connectivity index (χ4v) is 3.46. The Morgan fingerprint density at radius 1 is 1.11 bits per heavy atom. The molecule has 2 N–H and O–H groups in total. The van der Waals surface area contributed by atoms with Crippen molar-refractivity contribution in [3.8, 4) is 0 Å². The maximum atomic E-state index is 11.5. The minimum Gasteiger partial charge on any atom is -0.468 e. The maximum Gasteiger partial charge on any atom is 0.323 e. The number of nitrogens with two attached hydrogens (primary N) is 1. The average molecular weight is 296 g/mol. The Hall–Kier alpha value is -0.440. The normalized spacial score (nSPS) is 14.1. The van der Waals surface area contributed by atoms with Crippen LogP contribution in [-0.4, -0.2) is 68.7 Å². The molecule has 0 heterocycles. The number of rotatable bonds is 8. The highest BCUT2D eigenvalue weighted by molar-refractivity contribution is 8.76. The standard InChI is InChI=1S/C10H20N2O4S2/c1-12(2)8(10(14)16-4)6-18-17-5-7(11)9(13)15-3/h7-8H,5-6,11H2,1-4H3. The smallest absolute Gasteiger partial charge is 0.323 e. The molecule has 0 aromatic heterocycles. The zero-order valence-corrected chi connectivity index (χ0v) is 12.7. The van der Waals surface area contributed by atoms with Gasteiger partial charge in [0, 0.05) is 11.5 Å². The third-order valence-corrected chi connectivity index (χ3v) is 4.59. The van der Waals surface area contributed by atoms with Gasteiger partial charge in [-0.1, -0.05) is 21.6 Å². The summed E-state index contributed by atoms with van der Waals surface area (Å²) in [6.45, 7) is 0. The second-order valence-electron chi connectivity index (χ2n) is 3.70. The van der Waals surface area contributed by atoms with Gasteiger partial charge in [-0.15, -0.1) is 0 Å². The zero-order chi connectivity index (χ0) is 14.1. The molecular formula is C10H20N2O4S2. The van der Waals surface area contributed by atoms with Crippen molar-refractivity contribution < 1.29 is 19.1 Å². The first-order valence-corrected chi connectivity index (χ1v) is 7.74. The van der Waals surface area contributed by atoms with E-state index in [1.54, 1.807) is 4.90 Å². The van der Waals surface area contributed by atoms with Gasteiger partial charge >= 0.3 is 11.9 Å². The molecule has 18 heavy (non-hydrogen) atoms. The van der Waals surface area contributed by atoms with Gasteiger partial charge in [0.25, 0.3) is 0 Å². The molecule has 6 nitrogen and oxygen atoms in total. The Bertz CT molecular complexity index is 277. The first-order chi connectivity index (χ1) is 8.43. The van der Waals surface area contributed by atoms with Crippen molar-refractivity contribution in [1.82, 2.24) is 4.90 Å². The summed E-state index contributed by atoms with van der Waals surface area (Å²) in [4.78, 5) is 24.3. The summed E-state index contributed by atoms with van der Waals surface area (Å²) >= 11 is 0. The number of nitrogens with zero attached hydrogens (tertiary/aromatic N) is 1. The molecule has 0 aromatic carbocycles. The number of likely N-dealkylation sites (N-methyl/N-ethyl adjacent to an activating group) is 1. The Morgan fingerprint density at radius 3 is 2.06 bits per heavy atom. The monoisotopic (exact) mass is 296 g/mol. The lowest BCUT2D eigenvalue weighted by Crippen LogP contribution is -2.38. The summed E-state index contributed by atoms with van der Waals surface area (Å²) in [5.74, 6) is 0.308. The van der Waals surface area contributed by atoms with Crippen LogP contribution in [0.1, 0.15) is 0 Å². The quantitative estimate of drug-likeness (QED) is 0.380. The topological polar surface area (TPSA) is 81.9 Å². The summed E-state index contributed by atoms with van der Waals surface area (Å²) in [5, 5.41) is 0. The Labute approximate surface area is 115 Å². The molecular weight excluding hydrogens is 276 g/mol. The highest BCUT2D eigenvalue weighted by atomic mass is 33.1. The Balaban J connectivity index is 3.94. The highest BCUT2D eigenvalue weighted by Gasteiger charge is 2.22. The molecule has 106 valence electrons. The van der Waals surface area contributed by atoms with Gasteiger partial charge in [-0.25, -0.2) is 0 Å². The van der Waals surface area contributed by atoms with E-state index in [0.717, 1.165) is 0 Å². The van der Waals surface area contributed by atoms with Crippen LogP contribution in [0.2, 0.25) is 0 Å². The molecule has 0 aliphatic rings. The molecule has 0 bridgehead atoms. The van der Waals surface area contributed by atoms with Gasteiger partial charge in [-0.2, -0.15) is 0 Å². The van der Waals surface area contributed by atoms with E-state index < -0.39 is 12.0 Å². The van der Waals surface area contributed by atoms with Crippen LogP contribution in [0.15, 0.2) is 0 Å². The van der Waals surface area contributed by atoms with Crippen LogP contribution in [-0.2, 0) is 19.1 Å². The van der Waals surface area contributed by atoms with Crippen LogP contribution < -0.4 is 5.73 Å². The van der Waals surface area contributed by atoms with E-state index in [2.05, 4.69) is 4.74 Å². The molecule has 2 atom stereocenters. The van der Waals surface area contributed by atoms with Gasteiger partial charge in [0.1, 0.15) is 12.1 Å². The minimum absolute atomic E-state index is 0.273. The highest BCUT2D eigenvalue weighted by Crippen LogP contribution is 2.24. The first-order valence-electron chi connectivity index (χ1n) is 5.26. The van der Waals surface area contributed by atoms with Gasteiger partial charge in [0.15, 0.2) is 0 Å². The second-order valence-corrected chi connectivity index (χ2v) is 6.25. The van der Waals surface area contributed by atoms with Gasteiger partial charge in [0.05, 0.1) is 14.2 Å². The fourth-order valence-electron chi connectivity index (χ4n) is 1.02. The molecule has 0 saturated heterocycles. The third-order valence-electron chi connectivity index (χ3n) is 2.16. The summed E-state index contributed by atoms with van der Waals surface area (Å²) in [6.07, 6.45) is 0. The van der Waals surface area contributed by atoms with Crippen LogP contribution in [0.3, 0.4) is 0 Å². The molecule has 0 aliphatic heterocycles. The molecule has 0 rings (SSSR count). The summed E-state index contributed by atoms with van der Waals surface area (Å²) in [5.41, 5.74) is 5.58. The minimum atomic E-state index is -0.636. The SMILES string of the molecule is COC(=O)C(N)CSSCC(C(=O)OC)N(C)C. The lowest BCUT2D eigenvalue weighted by molar-refractivity contribution is -0.145.